The fraction of sp³-hybridized carbons (Fsp3) is 0.769. The second-order valence-corrected chi connectivity index (χ2v) is 4.83. The number of unbranched alkanes of at least 4 members (excludes halogenated alkanes) is 3. The Kier molecular flexibility index (Phi) is 4.40. The van der Waals surface area contributed by atoms with Crippen LogP contribution in [0.2, 0.25) is 0 Å². The third-order valence-corrected chi connectivity index (χ3v) is 3.10. The zero-order valence-corrected chi connectivity index (χ0v) is 10.3. The summed E-state index contributed by atoms with van der Waals surface area (Å²) in [4.78, 5) is 0. The van der Waals surface area contributed by atoms with Gasteiger partial charge in [0.1, 0.15) is 0 Å². The molecule has 0 radical (unpaired) electrons. The maximum Gasteiger partial charge on any atom is 0.0534 e. The molecule has 0 atom stereocenters. The predicted octanol–water partition coefficient (Wildman–Crippen LogP) is 2.72. The number of aryl methyl sites for hydroxylation is 1. The van der Waals surface area contributed by atoms with Crippen LogP contribution in [0.3, 0.4) is 0 Å². The van der Waals surface area contributed by atoms with E-state index in [0.29, 0.717) is 0 Å². The molecule has 1 aliphatic rings. The second-order valence-electron chi connectivity index (χ2n) is 4.83. The van der Waals surface area contributed by atoms with Crippen LogP contribution in [0.15, 0.2) is 12.4 Å². The van der Waals surface area contributed by atoms with E-state index < -0.39 is 0 Å². The third kappa shape index (κ3) is 3.97. The molecule has 0 aliphatic heterocycles. The average molecular weight is 221 g/mol. The molecule has 1 saturated carbocycles. The van der Waals surface area contributed by atoms with E-state index in [9.17, 15) is 0 Å². The number of rotatable bonds is 8. The Morgan fingerprint density at radius 2 is 2.25 bits per heavy atom. The molecular formula is C13H23N3. The molecule has 16 heavy (non-hydrogen) atoms. The lowest BCUT2D eigenvalue weighted by Crippen LogP contribution is -2.14. The highest BCUT2D eigenvalue weighted by Crippen LogP contribution is 2.19. The fourth-order valence-corrected chi connectivity index (χ4v) is 1.87. The molecule has 0 saturated heterocycles. The van der Waals surface area contributed by atoms with Crippen molar-refractivity contribution in [1.29, 1.82) is 0 Å². The van der Waals surface area contributed by atoms with Gasteiger partial charge in [0.25, 0.3) is 0 Å². The van der Waals surface area contributed by atoms with Gasteiger partial charge in [0.2, 0.25) is 0 Å². The SMILES string of the molecule is CCCCCCn1cc(CNC2CC2)cn1. The molecule has 3 nitrogen and oxygen atoms in total. The third-order valence-electron chi connectivity index (χ3n) is 3.10. The quantitative estimate of drug-likeness (QED) is 0.684. The fourth-order valence-electron chi connectivity index (χ4n) is 1.87. The molecule has 0 aromatic carbocycles. The molecule has 0 amide bonds. The van der Waals surface area contributed by atoms with Crippen molar-refractivity contribution in [3.63, 3.8) is 0 Å². The summed E-state index contributed by atoms with van der Waals surface area (Å²) in [5.41, 5.74) is 1.32. The van der Waals surface area contributed by atoms with Gasteiger partial charge in [-0.05, 0) is 19.3 Å². The second kappa shape index (κ2) is 6.04. The van der Waals surface area contributed by atoms with Crippen molar-refractivity contribution in [2.24, 2.45) is 0 Å². The van der Waals surface area contributed by atoms with Gasteiger partial charge < -0.3 is 5.32 Å². The van der Waals surface area contributed by atoms with Crippen molar-refractivity contribution in [1.82, 2.24) is 15.1 Å². The van der Waals surface area contributed by atoms with Gasteiger partial charge in [-0.25, -0.2) is 0 Å². The van der Waals surface area contributed by atoms with E-state index in [1.54, 1.807) is 0 Å². The summed E-state index contributed by atoms with van der Waals surface area (Å²) in [5, 5.41) is 7.90. The lowest BCUT2D eigenvalue weighted by molar-refractivity contribution is 0.540. The Hall–Kier alpha value is -0.830. The van der Waals surface area contributed by atoms with E-state index in [0.717, 1.165) is 19.1 Å². The number of nitrogens with one attached hydrogen (secondary N) is 1. The van der Waals surface area contributed by atoms with E-state index in [2.05, 4.69) is 28.2 Å². The standard InChI is InChI=1S/C13H23N3/c1-2-3-4-5-8-16-11-12(10-15-16)9-14-13-6-7-13/h10-11,13-14H,2-9H2,1H3. The molecule has 1 aromatic heterocycles. The molecule has 2 rings (SSSR count). The van der Waals surface area contributed by atoms with Gasteiger partial charge in [-0.2, -0.15) is 5.10 Å². The monoisotopic (exact) mass is 221 g/mol. The summed E-state index contributed by atoms with van der Waals surface area (Å²) in [6.45, 7) is 4.30. The Morgan fingerprint density at radius 3 is 3.00 bits per heavy atom. The van der Waals surface area contributed by atoms with Crippen molar-refractivity contribution < 1.29 is 0 Å². The number of hydrogen-bond donors (Lipinski definition) is 1. The first-order valence-corrected chi connectivity index (χ1v) is 6.63. The van der Waals surface area contributed by atoms with Crippen LogP contribution in [0.25, 0.3) is 0 Å². The summed E-state index contributed by atoms with van der Waals surface area (Å²) in [6, 6.07) is 0.785. The van der Waals surface area contributed by atoms with Gasteiger partial charge in [-0.3, -0.25) is 4.68 Å². The van der Waals surface area contributed by atoms with Crippen LogP contribution in [-0.4, -0.2) is 15.8 Å². The molecule has 3 heteroatoms. The molecule has 1 aliphatic carbocycles. The topological polar surface area (TPSA) is 29.9 Å². The van der Waals surface area contributed by atoms with E-state index in [1.165, 1.54) is 44.1 Å². The molecule has 0 bridgehead atoms. The molecule has 1 N–H and O–H groups in total. The molecule has 0 unspecified atom stereocenters. The first-order valence-electron chi connectivity index (χ1n) is 6.63. The maximum atomic E-state index is 4.39. The number of hydrogen-bond acceptors (Lipinski definition) is 2. The number of aromatic nitrogens is 2. The smallest absolute Gasteiger partial charge is 0.0534 e. The molecule has 1 heterocycles. The summed E-state index contributed by atoms with van der Waals surface area (Å²) in [7, 11) is 0. The highest BCUT2D eigenvalue weighted by Gasteiger charge is 2.20. The van der Waals surface area contributed by atoms with Crippen LogP contribution < -0.4 is 5.32 Å². The van der Waals surface area contributed by atoms with Gasteiger partial charge in [0.05, 0.1) is 6.20 Å². The van der Waals surface area contributed by atoms with E-state index in [4.69, 9.17) is 0 Å². The van der Waals surface area contributed by atoms with Gasteiger partial charge in [-0.15, -0.1) is 0 Å². The van der Waals surface area contributed by atoms with Gasteiger partial charge in [0, 0.05) is 30.9 Å². The summed E-state index contributed by atoms with van der Waals surface area (Å²) >= 11 is 0. The first kappa shape index (κ1) is 11.6. The lowest BCUT2D eigenvalue weighted by Gasteiger charge is -2.00. The zero-order valence-electron chi connectivity index (χ0n) is 10.3. The van der Waals surface area contributed by atoms with Crippen molar-refractivity contribution >= 4 is 0 Å². The van der Waals surface area contributed by atoms with Crippen molar-refractivity contribution in [3.05, 3.63) is 18.0 Å². The zero-order chi connectivity index (χ0) is 11.2. The van der Waals surface area contributed by atoms with Crippen LogP contribution in [0.1, 0.15) is 51.0 Å². The molecule has 1 aromatic rings. The lowest BCUT2D eigenvalue weighted by atomic mass is 10.2. The highest BCUT2D eigenvalue weighted by atomic mass is 15.3. The minimum Gasteiger partial charge on any atom is -0.310 e. The highest BCUT2D eigenvalue weighted by molar-refractivity contribution is 5.04. The van der Waals surface area contributed by atoms with Crippen molar-refractivity contribution in [2.75, 3.05) is 0 Å². The maximum absolute atomic E-state index is 4.39. The van der Waals surface area contributed by atoms with Gasteiger partial charge >= 0.3 is 0 Å². The van der Waals surface area contributed by atoms with Crippen LogP contribution in [0, 0.1) is 0 Å². The Bertz CT molecular complexity index is 302. The number of nitrogens with zero attached hydrogens (tertiary/aromatic N) is 2. The van der Waals surface area contributed by atoms with E-state index in [-0.39, 0.29) is 0 Å². The summed E-state index contributed by atoms with van der Waals surface area (Å²) < 4.78 is 2.08. The normalized spacial score (nSPS) is 15.6. The van der Waals surface area contributed by atoms with Crippen LogP contribution in [0.5, 0.6) is 0 Å². The summed E-state index contributed by atoms with van der Waals surface area (Å²) in [5.74, 6) is 0. The van der Waals surface area contributed by atoms with Gasteiger partial charge in [-0.1, -0.05) is 26.2 Å². The Morgan fingerprint density at radius 1 is 1.38 bits per heavy atom. The van der Waals surface area contributed by atoms with Crippen LogP contribution in [-0.2, 0) is 13.1 Å². The molecule has 0 spiro atoms. The first-order chi connectivity index (χ1) is 7.88. The van der Waals surface area contributed by atoms with Crippen LogP contribution >= 0.6 is 0 Å². The van der Waals surface area contributed by atoms with Crippen molar-refractivity contribution in [3.8, 4) is 0 Å². The molecule has 90 valence electrons. The van der Waals surface area contributed by atoms with Gasteiger partial charge in [0.15, 0.2) is 0 Å². The Labute approximate surface area is 98.2 Å². The Balaban J connectivity index is 1.64. The largest absolute Gasteiger partial charge is 0.310 e. The molecular weight excluding hydrogens is 198 g/mol. The predicted molar refractivity (Wildman–Crippen MR) is 66.2 cm³/mol. The average Bonchev–Trinajstić information content (AvgIpc) is 3.02. The summed E-state index contributed by atoms with van der Waals surface area (Å²) in [6.07, 6.45) is 12.1. The van der Waals surface area contributed by atoms with E-state index in [1.807, 2.05) is 6.20 Å². The molecule has 1 fully saturated rings. The van der Waals surface area contributed by atoms with E-state index >= 15 is 0 Å². The minimum atomic E-state index is 0.785. The minimum absolute atomic E-state index is 0.785. The van der Waals surface area contributed by atoms with Crippen LogP contribution in [0.4, 0.5) is 0 Å². The van der Waals surface area contributed by atoms with Crippen molar-refractivity contribution in [2.45, 2.75) is 64.6 Å².